The topological polar surface area (TPSA) is 137 Å². The van der Waals surface area contributed by atoms with Crippen LogP contribution in [0.3, 0.4) is 0 Å². The van der Waals surface area contributed by atoms with Gasteiger partial charge in [0.05, 0.1) is 12.7 Å². The van der Waals surface area contributed by atoms with Gasteiger partial charge >= 0.3 is 0 Å². The van der Waals surface area contributed by atoms with E-state index in [1.807, 2.05) is 19.9 Å². The van der Waals surface area contributed by atoms with Crippen molar-refractivity contribution in [3.05, 3.63) is 23.5 Å². The lowest BCUT2D eigenvalue weighted by Crippen LogP contribution is -2.59. The van der Waals surface area contributed by atoms with E-state index in [0.29, 0.717) is 5.57 Å². The van der Waals surface area contributed by atoms with Crippen LogP contribution in [0.2, 0.25) is 0 Å². The first-order valence-corrected chi connectivity index (χ1v) is 9.06. The van der Waals surface area contributed by atoms with Crippen molar-refractivity contribution >= 4 is 5.78 Å². The Balaban J connectivity index is 2.08. The molecule has 27 heavy (non-hydrogen) atoms. The van der Waals surface area contributed by atoms with Gasteiger partial charge < -0.3 is 35.0 Å². The first kappa shape index (κ1) is 22.0. The van der Waals surface area contributed by atoms with Gasteiger partial charge in [0.15, 0.2) is 17.8 Å². The Bertz CT molecular complexity index is 609. The number of aliphatic hydroxyl groups excluding tert-OH is 5. The maximum absolute atomic E-state index is 11.9. The lowest BCUT2D eigenvalue weighted by atomic mass is 9.67. The van der Waals surface area contributed by atoms with E-state index in [0.717, 1.165) is 0 Å². The standard InChI is InChI=1S/C19H30O8/c1-9(26-18-17(25)16(24)15(23)13(8-20)27-18)5-6-11-10(2)14(22)12(21)7-19(11,3)4/h5-6,9,11,13,15-18,20,22-25H,7-8H2,1-4H3/b6-5+. The van der Waals surface area contributed by atoms with E-state index >= 15 is 0 Å². The molecule has 1 aliphatic carbocycles. The molecule has 0 spiro atoms. The van der Waals surface area contributed by atoms with Gasteiger partial charge in [-0.1, -0.05) is 26.0 Å². The van der Waals surface area contributed by atoms with Gasteiger partial charge in [-0.15, -0.1) is 0 Å². The number of ketones is 1. The Morgan fingerprint density at radius 2 is 1.89 bits per heavy atom. The van der Waals surface area contributed by atoms with Gasteiger partial charge in [0.2, 0.25) is 0 Å². The summed E-state index contributed by atoms with van der Waals surface area (Å²) < 4.78 is 10.9. The molecule has 0 bridgehead atoms. The number of ether oxygens (including phenoxy) is 2. The number of Topliss-reactive ketones (excluding diaryl/α,β-unsaturated/α-hetero) is 1. The maximum Gasteiger partial charge on any atom is 0.197 e. The molecule has 2 rings (SSSR count). The van der Waals surface area contributed by atoms with E-state index in [-0.39, 0.29) is 29.3 Å². The van der Waals surface area contributed by atoms with Crippen molar-refractivity contribution in [3.8, 4) is 0 Å². The number of carbonyl (C=O) groups excluding carboxylic acids is 1. The molecule has 0 saturated carbocycles. The average molecular weight is 386 g/mol. The predicted molar refractivity (Wildman–Crippen MR) is 95.7 cm³/mol. The number of carbonyl (C=O) groups is 1. The maximum atomic E-state index is 11.9. The Hall–Kier alpha value is -1.29. The fraction of sp³-hybridized carbons (Fsp3) is 0.737. The van der Waals surface area contributed by atoms with E-state index in [9.17, 15) is 30.3 Å². The van der Waals surface area contributed by atoms with Crippen molar-refractivity contribution in [1.82, 2.24) is 0 Å². The molecule has 1 saturated heterocycles. The molecule has 5 N–H and O–H groups in total. The highest BCUT2D eigenvalue weighted by molar-refractivity contribution is 5.95. The van der Waals surface area contributed by atoms with Crippen molar-refractivity contribution < 1.29 is 39.8 Å². The van der Waals surface area contributed by atoms with Crippen LogP contribution in [0.5, 0.6) is 0 Å². The Kier molecular flexibility index (Phi) is 6.83. The van der Waals surface area contributed by atoms with E-state index in [4.69, 9.17) is 9.47 Å². The molecule has 154 valence electrons. The third kappa shape index (κ3) is 4.59. The Labute approximate surface area is 158 Å². The van der Waals surface area contributed by atoms with Crippen LogP contribution in [0.1, 0.15) is 34.1 Å². The van der Waals surface area contributed by atoms with Gasteiger partial charge in [0.1, 0.15) is 24.4 Å². The second kappa shape index (κ2) is 8.38. The Morgan fingerprint density at radius 3 is 2.48 bits per heavy atom. The Morgan fingerprint density at radius 1 is 1.26 bits per heavy atom. The van der Waals surface area contributed by atoms with Crippen LogP contribution >= 0.6 is 0 Å². The van der Waals surface area contributed by atoms with Crippen LogP contribution in [-0.2, 0) is 14.3 Å². The third-order valence-electron chi connectivity index (χ3n) is 5.33. The molecule has 8 heteroatoms. The third-order valence-corrected chi connectivity index (χ3v) is 5.33. The smallest absolute Gasteiger partial charge is 0.197 e. The van der Waals surface area contributed by atoms with Crippen LogP contribution in [0, 0.1) is 11.3 Å². The number of aliphatic hydroxyl groups is 5. The highest BCUT2D eigenvalue weighted by Crippen LogP contribution is 2.42. The molecule has 7 unspecified atom stereocenters. The molecular weight excluding hydrogens is 356 g/mol. The van der Waals surface area contributed by atoms with Crippen LogP contribution in [0.4, 0.5) is 0 Å². The predicted octanol–water partition coefficient (Wildman–Crippen LogP) is 0.195. The molecular formula is C19H30O8. The zero-order valence-corrected chi connectivity index (χ0v) is 16.1. The van der Waals surface area contributed by atoms with Crippen LogP contribution < -0.4 is 0 Å². The summed E-state index contributed by atoms with van der Waals surface area (Å²) in [6, 6.07) is 0. The molecule has 0 aromatic carbocycles. The first-order chi connectivity index (χ1) is 12.5. The SMILES string of the molecule is CC1=C(O)C(=O)CC(C)(C)C1/C=C/C(C)OC1OC(CO)C(O)C(O)C1O. The minimum absolute atomic E-state index is 0.170. The van der Waals surface area contributed by atoms with Gasteiger partial charge in [0.25, 0.3) is 0 Å². The minimum Gasteiger partial charge on any atom is -0.504 e. The van der Waals surface area contributed by atoms with Crippen LogP contribution in [0.25, 0.3) is 0 Å². The van der Waals surface area contributed by atoms with E-state index in [2.05, 4.69) is 0 Å². The molecule has 8 nitrogen and oxygen atoms in total. The van der Waals surface area contributed by atoms with Crippen LogP contribution in [0.15, 0.2) is 23.5 Å². The molecule has 1 aliphatic heterocycles. The quantitative estimate of drug-likeness (QED) is 0.423. The van der Waals surface area contributed by atoms with Crippen molar-refractivity contribution in [2.75, 3.05) is 6.61 Å². The molecule has 0 radical (unpaired) electrons. The zero-order chi connectivity index (χ0) is 20.5. The van der Waals surface area contributed by atoms with Gasteiger partial charge in [-0.05, 0) is 24.8 Å². The van der Waals surface area contributed by atoms with E-state index in [1.54, 1.807) is 19.9 Å². The molecule has 2 aliphatic rings. The largest absolute Gasteiger partial charge is 0.504 e. The second-order valence-corrected chi connectivity index (χ2v) is 8.02. The van der Waals surface area contributed by atoms with Crippen molar-refractivity contribution in [2.24, 2.45) is 11.3 Å². The summed E-state index contributed by atoms with van der Waals surface area (Å²) in [6.07, 6.45) is -3.39. The fourth-order valence-corrected chi connectivity index (χ4v) is 3.67. The first-order valence-electron chi connectivity index (χ1n) is 9.06. The summed E-state index contributed by atoms with van der Waals surface area (Å²) in [5.41, 5.74) is 0.222. The zero-order valence-electron chi connectivity index (χ0n) is 16.1. The molecule has 1 heterocycles. The monoisotopic (exact) mass is 386 g/mol. The fourth-order valence-electron chi connectivity index (χ4n) is 3.67. The van der Waals surface area contributed by atoms with Crippen LogP contribution in [-0.4, -0.2) is 74.7 Å². The minimum atomic E-state index is -1.50. The number of hydrogen-bond donors (Lipinski definition) is 5. The summed E-state index contributed by atoms with van der Waals surface area (Å²) in [5, 5.41) is 48.8. The number of allylic oxidation sites excluding steroid dienone is 3. The van der Waals surface area contributed by atoms with Gasteiger partial charge in [0, 0.05) is 12.3 Å². The van der Waals surface area contributed by atoms with E-state index in [1.165, 1.54) is 0 Å². The summed E-state index contributed by atoms with van der Waals surface area (Å²) >= 11 is 0. The van der Waals surface area contributed by atoms with Crippen molar-refractivity contribution in [2.45, 2.75) is 70.9 Å². The van der Waals surface area contributed by atoms with Crippen molar-refractivity contribution in [3.63, 3.8) is 0 Å². The lowest BCUT2D eigenvalue weighted by Gasteiger charge is -2.40. The summed E-state index contributed by atoms with van der Waals surface area (Å²) in [4.78, 5) is 11.9. The highest BCUT2D eigenvalue weighted by Gasteiger charge is 2.44. The highest BCUT2D eigenvalue weighted by atomic mass is 16.7. The van der Waals surface area contributed by atoms with Crippen molar-refractivity contribution in [1.29, 1.82) is 0 Å². The summed E-state index contributed by atoms with van der Waals surface area (Å²) in [7, 11) is 0. The molecule has 0 amide bonds. The average Bonchev–Trinajstić information content (AvgIpc) is 2.59. The number of rotatable bonds is 5. The normalized spacial score (nSPS) is 38.4. The molecule has 0 aromatic rings. The summed E-state index contributed by atoms with van der Waals surface area (Å²) in [6.45, 7) is 6.78. The molecule has 7 atom stereocenters. The molecule has 1 fully saturated rings. The number of hydrogen-bond acceptors (Lipinski definition) is 8. The summed E-state index contributed by atoms with van der Waals surface area (Å²) in [5.74, 6) is -0.643. The lowest BCUT2D eigenvalue weighted by molar-refractivity contribution is -0.306. The second-order valence-electron chi connectivity index (χ2n) is 8.02. The van der Waals surface area contributed by atoms with Gasteiger partial charge in [-0.25, -0.2) is 0 Å². The van der Waals surface area contributed by atoms with Gasteiger partial charge in [-0.2, -0.15) is 0 Å². The molecule has 0 aromatic heterocycles. The van der Waals surface area contributed by atoms with E-state index < -0.39 is 43.4 Å². The van der Waals surface area contributed by atoms with Gasteiger partial charge in [-0.3, -0.25) is 4.79 Å².